The van der Waals surface area contributed by atoms with Crippen LogP contribution in [-0.4, -0.2) is 11.2 Å². The molecule has 1 aromatic carbocycles. The molecule has 2 rings (SSSR count). The van der Waals surface area contributed by atoms with E-state index >= 15 is 0 Å². The summed E-state index contributed by atoms with van der Waals surface area (Å²) in [6.07, 6.45) is 5.35. The number of aromatic nitrogens is 1. The van der Waals surface area contributed by atoms with Gasteiger partial charge in [-0.15, -0.1) is 0 Å². The summed E-state index contributed by atoms with van der Waals surface area (Å²) < 4.78 is 0. The molecular formula is C15H14N2. The number of nitrogens with zero attached hydrogens (tertiary/aromatic N) is 2. The minimum absolute atomic E-state index is 0.958. The van der Waals surface area contributed by atoms with Crippen molar-refractivity contribution in [3.63, 3.8) is 0 Å². The highest BCUT2D eigenvalue weighted by Gasteiger charge is 1.89. The summed E-state index contributed by atoms with van der Waals surface area (Å²) in [5, 5.41) is 2.07. The molecule has 0 amide bonds. The van der Waals surface area contributed by atoms with Gasteiger partial charge in [-0.1, -0.05) is 36.9 Å². The van der Waals surface area contributed by atoms with E-state index < -0.39 is 0 Å². The van der Waals surface area contributed by atoms with Crippen LogP contribution in [0.4, 0.5) is 0 Å². The molecule has 2 aromatic rings. The van der Waals surface area contributed by atoms with Gasteiger partial charge in [0.1, 0.15) is 0 Å². The van der Waals surface area contributed by atoms with Gasteiger partial charge in [0.25, 0.3) is 0 Å². The molecule has 0 saturated heterocycles. The highest BCUT2D eigenvalue weighted by atomic mass is 14.7. The average molecular weight is 222 g/mol. The summed E-state index contributed by atoms with van der Waals surface area (Å²) >= 11 is 0. The molecule has 84 valence electrons. The average Bonchev–Trinajstić information content (AvgIpc) is 2.38. The van der Waals surface area contributed by atoms with Crippen LogP contribution in [0, 0.1) is 0 Å². The van der Waals surface area contributed by atoms with Crippen LogP contribution < -0.4 is 10.4 Å². The second-order valence-corrected chi connectivity index (χ2v) is 3.79. The zero-order valence-electron chi connectivity index (χ0n) is 9.80. The van der Waals surface area contributed by atoms with Crippen molar-refractivity contribution in [1.29, 1.82) is 0 Å². The fourth-order valence-corrected chi connectivity index (χ4v) is 1.57. The number of hydrogen-bond donors (Lipinski definition) is 0. The molecule has 0 aliphatic carbocycles. The van der Waals surface area contributed by atoms with Gasteiger partial charge in [-0.25, -0.2) is 0 Å². The third-order valence-electron chi connectivity index (χ3n) is 2.50. The fraction of sp³-hybridized carbons (Fsp3) is 0.0667. The van der Waals surface area contributed by atoms with Crippen LogP contribution in [0.2, 0.25) is 0 Å². The van der Waals surface area contributed by atoms with Gasteiger partial charge in [-0.05, 0) is 18.2 Å². The van der Waals surface area contributed by atoms with Gasteiger partial charge in [0, 0.05) is 35.1 Å². The van der Waals surface area contributed by atoms with E-state index in [2.05, 4.69) is 16.6 Å². The Bertz CT molecular complexity index is 627. The Morgan fingerprint density at radius 1 is 1.24 bits per heavy atom. The van der Waals surface area contributed by atoms with Crippen molar-refractivity contribution in [1.82, 2.24) is 4.98 Å². The highest BCUT2D eigenvalue weighted by Crippen LogP contribution is 1.95. The predicted octanol–water partition coefficient (Wildman–Crippen LogP) is 1.74. The van der Waals surface area contributed by atoms with E-state index in [1.54, 1.807) is 12.4 Å². The molecule has 0 aliphatic rings. The van der Waals surface area contributed by atoms with Crippen molar-refractivity contribution in [2.75, 3.05) is 0 Å². The molecule has 0 fully saturated rings. The molecule has 2 nitrogen and oxygen atoms in total. The minimum atomic E-state index is 0.958. The van der Waals surface area contributed by atoms with Gasteiger partial charge in [-0.3, -0.25) is 9.98 Å². The Kier molecular flexibility index (Phi) is 3.46. The van der Waals surface area contributed by atoms with Crippen molar-refractivity contribution in [3.8, 4) is 0 Å². The van der Waals surface area contributed by atoms with Crippen LogP contribution in [0.1, 0.15) is 12.5 Å². The van der Waals surface area contributed by atoms with Crippen molar-refractivity contribution in [2.24, 2.45) is 4.99 Å². The highest BCUT2D eigenvalue weighted by molar-refractivity contribution is 5.82. The van der Waals surface area contributed by atoms with Crippen LogP contribution in [0.15, 0.2) is 53.8 Å². The molecule has 0 aliphatic heterocycles. The lowest BCUT2D eigenvalue weighted by molar-refractivity contribution is 1.32. The van der Waals surface area contributed by atoms with Gasteiger partial charge in [0.15, 0.2) is 0 Å². The van der Waals surface area contributed by atoms with E-state index in [1.165, 1.54) is 0 Å². The molecule has 17 heavy (non-hydrogen) atoms. The molecule has 2 heteroatoms. The van der Waals surface area contributed by atoms with Gasteiger partial charge >= 0.3 is 0 Å². The largest absolute Gasteiger partial charge is 0.264 e. The molecule has 0 saturated carbocycles. The Balaban J connectivity index is 2.38. The smallest absolute Gasteiger partial charge is 0.0450 e. The number of aliphatic imine (C=N–C) groups is 1. The first-order valence-corrected chi connectivity index (χ1v) is 5.46. The first kappa shape index (κ1) is 11.3. The fourth-order valence-electron chi connectivity index (χ4n) is 1.57. The first-order chi connectivity index (χ1) is 8.27. The van der Waals surface area contributed by atoms with Gasteiger partial charge in [0.05, 0.1) is 0 Å². The van der Waals surface area contributed by atoms with Gasteiger partial charge in [0.2, 0.25) is 0 Å². The second kappa shape index (κ2) is 5.21. The normalized spacial score (nSPS) is 12.8. The Hall–Kier alpha value is -2.22. The molecule has 0 radical (unpaired) electrons. The lowest BCUT2D eigenvalue weighted by atomic mass is 10.2. The molecule has 1 aromatic heterocycles. The molecule has 0 spiro atoms. The molecule has 0 bridgehead atoms. The second-order valence-electron chi connectivity index (χ2n) is 3.79. The Labute approximate surface area is 101 Å². The first-order valence-electron chi connectivity index (χ1n) is 5.46. The van der Waals surface area contributed by atoms with E-state index in [0.29, 0.717) is 0 Å². The summed E-state index contributed by atoms with van der Waals surface area (Å²) in [7, 11) is 0. The van der Waals surface area contributed by atoms with E-state index in [4.69, 9.17) is 0 Å². The zero-order chi connectivity index (χ0) is 12.1. The third kappa shape index (κ3) is 2.88. The van der Waals surface area contributed by atoms with Gasteiger partial charge in [-0.2, -0.15) is 0 Å². The van der Waals surface area contributed by atoms with Crippen molar-refractivity contribution in [3.05, 3.63) is 64.8 Å². The minimum Gasteiger partial charge on any atom is -0.264 e. The topological polar surface area (TPSA) is 25.2 Å². The third-order valence-corrected chi connectivity index (χ3v) is 2.50. The zero-order valence-corrected chi connectivity index (χ0v) is 9.80. The van der Waals surface area contributed by atoms with Crippen LogP contribution in [0.25, 0.3) is 12.3 Å². The summed E-state index contributed by atoms with van der Waals surface area (Å²) in [6.45, 7) is 5.97. The lowest BCUT2D eigenvalue weighted by Crippen LogP contribution is -2.23. The molecular weight excluding hydrogens is 208 g/mol. The molecule has 0 N–H and O–H groups in total. The summed E-state index contributed by atoms with van der Waals surface area (Å²) in [6, 6.07) is 11.8. The van der Waals surface area contributed by atoms with E-state index in [0.717, 1.165) is 21.7 Å². The Morgan fingerprint density at radius 3 is 2.76 bits per heavy atom. The maximum Gasteiger partial charge on any atom is 0.0450 e. The summed E-state index contributed by atoms with van der Waals surface area (Å²) in [4.78, 5) is 8.48. The summed E-state index contributed by atoms with van der Waals surface area (Å²) in [5.74, 6) is 0. The molecule has 0 atom stereocenters. The van der Waals surface area contributed by atoms with Crippen LogP contribution >= 0.6 is 0 Å². The number of pyridine rings is 1. The van der Waals surface area contributed by atoms with Crippen LogP contribution in [-0.2, 0) is 0 Å². The number of benzene rings is 1. The Morgan fingerprint density at radius 2 is 2.06 bits per heavy atom. The van der Waals surface area contributed by atoms with Crippen LogP contribution in [0.3, 0.4) is 0 Å². The molecule has 1 heterocycles. The van der Waals surface area contributed by atoms with Crippen molar-refractivity contribution < 1.29 is 0 Å². The monoisotopic (exact) mass is 222 g/mol. The number of hydrogen-bond acceptors (Lipinski definition) is 2. The SMILES string of the molecule is C=c1cccc/c1=C(\C)N=Cc1cccnc1. The predicted molar refractivity (Wildman–Crippen MR) is 72.1 cm³/mol. The maximum absolute atomic E-state index is 4.44. The number of rotatable bonds is 2. The van der Waals surface area contributed by atoms with E-state index in [-0.39, 0.29) is 0 Å². The van der Waals surface area contributed by atoms with Gasteiger partial charge < -0.3 is 0 Å². The lowest BCUT2D eigenvalue weighted by Gasteiger charge is -1.94. The maximum atomic E-state index is 4.44. The summed E-state index contributed by atoms with van der Waals surface area (Å²) in [5.41, 5.74) is 1.95. The van der Waals surface area contributed by atoms with Crippen LogP contribution in [0.5, 0.6) is 0 Å². The van der Waals surface area contributed by atoms with E-state index in [9.17, 15) is 0 Å². The van der Waals surface area contributed by atoms with E-state index in [1.807, 2.05) is 49.5 Å². The molecule has 0 unspecified atom stereocenters. The quantitative estimate of drug-likeness (QED) is 0.710. The van der Waals surface area contributed by atoms with Crippen molar-refractivity contribution in [2.45, 2.75) is 6.92 Å². The van der Waals surface area contributed by atoms with Crippen molar-refractivity contribution >= 4 is 18.5 Å². The standard InChI is InChI=1S/C15H14N2/c1-12-6-3-4-8-15(12)13(2)17-11-14-7-5-9-16-10-14/h3-11H,1H2,2H3/b15-13-,17-11?.